The van der Waals surface area contributed by atoms with Crippen LogP contribution in [-0.2, 0) is 6.42 Å². The molecule has 1 aromatic heterocycles. The molecule has 1 unspecified atom stereocenters. The van der Waals surface area contributed by atoms with E-state index in [2.05, 4.69) is 15.5 Å². The molecule has 1 atom stereocenters. The molecule has 29 heavy (non-hydrogen) atoms. The van der Waals surface area contributed by atoms with Gasteiger partial charge in [0.2, 0.25) is 11.7 Å². The van der Waals surface area contributed by atoms with Crippen molar-refractivity contribution in [2.24, 2.45) is 5.73 Å². The zero-order chi connectivity index (χ0) is 20.5. The van der Waals surface area contributed by atoms with Gasteiger partial charge in [-0.3, -0.25) is 0 Å². The summed E-state index contributed by atoms with van der Waals surface area (Å²) in [5.74, 6) is 1.49. The third-order valence-electron chi connectivity index (χ3n) is 4.70. The van der Waals surface area contributed by atoms with Gasteiger partial charge in [-0.1, -0.05) is 17.4 Å². The Balaban J connectivity index is 1.65. The third-order valence-corrected chi connectivity index (χ3v) is 4.93. The van der Waals surface area contributed by atoms with E-state index in [1.54, 1.807) is 13.0 Å². The van der Waals surface area contributed by atoms with Crippen LogP contribution in [-0.4, -0.2) is 28.8 Å². The van der Waals surface area contributed by atoms with Gasteiger partial charge >= 0.3 is 0 Å². The molecular weight excluding hydrogens is 395 g/mol. The molecule has 0 saturated heterocycles. The number of anilines is 1. The molecule has 0 amide bonds. The largest absolute Gasteiger partial charge is 0.493 e. The van der Waals surface area contributed by atoms with Gasteiger partial charge in [-0.25, -0.2) is 4.39 Å². The number of nitrogens with one attached hydrogen (secondary N) is 1. The number of nitrogens with zero attached hydrogens (tertiary/aromatic N) is 2. The average Bonchev–Trinajstić information content (AvgIpc) is 3.37. The van der Waals surface area contributed by atoms with Crippen LogP contribution in [0.3, 0.4) is 0 Å². The van der Waals surface area contributed by atoms with Gasteiger partial charge in [0.1, 0.15) is 16.8 Å². The first-order chi connectivity index (χ1) is 14.0. The van der Waals surface area contributed by atoms with E-state index in [0.29, 0.717) is 53.1 Å². The number of rotatable bonds is 6. The Bertz CT molecular complexity index is 1070. The molecule has 0 spiro atoms. The molecular formula is C20H19FN4O3S. The van der Waals surface area contributed by atoms with Crippen molar-refractivity contribution in [1.82, 2.24) is 10.1 Å². The lowest BCUT2D eigenvalue weighted by molar-refractivity contribution is 0.325. The second-order valence-electron chi connectivity index (χ2n) is 6.58. The molecule has 150 valence electrons. The minimum atomic E-state index is -0.719. The summed E-state index contributed by atoms with van der Waals surface area (Å²) in [6.07, 6.45) is 0.467. The quantitative estimate of drug-likeness (QED) is 0.591. The van der Waals surface area contributed by atoms with Gasteiger partial charge in [-0.05, 0) is 30.3 Å². The SMILES string of the molecule is COc1cc(C(Nc2ccc(-c3noc(C)n3)cc2)C(N)=S)c(F)c2c1OCC2. The van der Waals surface area contributed by atoms with E-state index in [1.807, 2.05) is 24.3 Å². The molecule has 0 radical (unpaired) electrons. The van der Waals surface area contributed by atoms with E-state index < -0.39 is 6.04 Å². The predicted octanol–water partition coefficient (Wildman–Crippen LogP) is 3.57. The maximum Gasteiger partial charge on any atom is 0.223 e. The lowest BCUT2D eigenvalue weighted by Gasteiger charge is -2.22. The summed E-state index contributed by atoms with van der Waals surface area (Å²) < 4.78 is 31.0. The summed E-state index contributed by atoms with van der Waals surface area (Å²) in [6, 6.07) is 8.15. The van der Waals surface area contributed by atoms with Crippen molar-refractivity contribution >= 4 is 22.9 Å². The Kier molecular flexibility index (Phi) is 5.06. The fourth-order valence-corrected chi connectivity index (χ4v) is 3.48. The average molecular weight is 414 g/mol. The van der Waals surface area contributed by atoms with Crippen molar-refractivity contribution in [3.8, 4) is 22.9 Å². The summed E-state index contributed by atoms with van der Waals surface area (Å²) in [4.78, 5) is 4.31. The Labute approximate surface area is 172 Å². The second-order valence-corrected chi connectivity index (χ2v) is 7.05. The van der Waals surface area contributed by atoms with Crippen LogP contribution in [0.2, 0.25) is 0 Å². The summed E-state index contributed by atoms with van der Waals surface area (Å²) in [6.45, 7) is 2.14. The van der Waals surface area contributed by atoms with Crippen LogP contribution in [0.5, 0.6) is 11.5 Å². The van der Waals surface area contributed by atoms with E-state index in [0.717, 1.165) is 5.56 Å². The number of methoxy groups -OCH3 is 1. The van der Waals surface area contributed by atoms with Crippen LogP contribution < -0.4 is 20.5 Å². The molecule has 3 N–H and O–H groups in total. The second kappa shape index (κ2) is 7.67. The lowest BCUT2D eigenvalue weighted by Crippen LogP contribution is -2.27. The number of halogens is 1. The maximum atomic E-state index is 15.2. The first-order valence-corrected chi connectivity index (χ1v) is 9.37. The molecule has 9 heteroatoms. The van der Waals surface area contributed by atoms with Crippen LogP contribution >= 0.6 is 12.2 Å². The number of aryl methyl sites for hydroxylation is 1. The minimum Gasteiger partial charge on any atom is -0.493 e. The highest BCUT2D eigenvalue weighted by molar-refractivity contribution is 7.80. The highest BCUT2D eigenvalue weighted by Crippen LogP contribution is 2.41. The Hall–Kier alpha value is -3.20. The number of fused-ring (bicyclic) bond motifs is 1. The van der Waals surface area contributed by atoms with Crippen molar-refractivity contribution in [2.45, 2.75) is 19.4 Å². The molecule has 0 saturated carbocycles. The fraction of sp³-hybridized carbons (Fsp3) is 0.250. The minimum absolute atomic E-state index is 0.114. The Morgan fingerprint density at radius 2 is 2.10 bits per heavy atom. The van der Waals surface area contributed by atoms with Crippen molar-refractivity contribution in [3.63, 3.8) is 0 Å². The monoisotopic (exact) mass is 414 g/mol. The van der Waals surface area contributed by atoms with Crippen molar-refractivity contribution in [2.75, 3.05) is 19.0 Å². The fourth-order valence-electron chi connectivity index (χ4n) is 3.29. The van der Waals surface area contributed by atoms with E-state index in [4.69, 9.17) is 31.9 Å². The molecule has 2 aromatic carbocycles. The molecule has 0 bridgehead atoms. The predicted molar refractivity (Wildman–Crippen MR) is 110 cm³/mol. The van der Waals surface area contributed by atoms with Gasteiger partial charge in [0.05, 0.1) is 13.7 Å². The topological polar surface area (TPSA) is 95.4 Å². The summed E-state index contributed by atoms with van der Waals surface area (Å²) >= 11 is 5.21. The highest BCUT2D eigenvalue weighted by atomic mass is 32.1. The van der Waals surface area contributed by atoms with Gasteiger partial charge in [0, 0.05) is 35.7 Å². The first-order valence-electron chi connectivity index (χ1n) is 8.96. The van der Waals surface area contributed by atoms with Crippen molar-refractivity contribution < 1.29 is 18.4 Å². The standard InChI is InChI=1S/C20H19FN4O3S/c1-10-23-20(25-28-10)11-3-5-12(6-4-11)24-17(19(22)29)14-9-15(26-2)18-13(16(14)21)7-8-27-18/h3-6,9,17,24H,7-8H2,1-2H3,(H2,22,29). The molecule has 0 aliphatic carbocycles. The van der Waals surface area contributed by atoms with Crippen molar-refractivity contribution in [3.05, 3.63) is 53.2 Å². The zero-order valence-corrected chi connectivity index (χ0v) is 16.7. The van der Waals surface area contributed by atoms with Crippen LogP contribution in [0.4, 0.5) is 10.1 Å². The molecule has 4 rings (SSSR count). The van der Waals surface area contributed by atoms with Gasteiger partial charge in [-0.2, -0.15) is 4.98 Å². The number of aromatic nitrogens is 2. The van der Waals surface area contributed by atoms with Gasteiger partial charge in [-0.15, -0.1) is 0 Å². The Morgan fingerprint density at radius 3 is 2.72 bits per heavy atom. The van der Waals surface area contributed by atoms with Gasteiger partial charge in [0.15, 0.2) is 11.5 Å². The van der Waals surface area contributed by atoms with E-state index in [1.165, 1.54) is 7.11 Å². The summed E-state index contributed by atoms with van der Waals surface area (Å²) in [7, 11) is 1.51. The molecule has 1 aliphatic heterocycles. The van der Waals surface area contributed by atoms with Crippen LogP contribution in [0.15, 0.2) is 34.9 Å². The zero-order valence-electron chi connectivity index (χ0n) is 15.9. The highest BCUT2D eigenvalue weighted by Gasteiger charge is 2.29. The van der Waals surface area contributed by atoms with Gasteiger partial charge in [0.25, 0.3) is 0 Å². The van der Waals surface area contributed by atoms with Crippen LogP contribution in [0.1, 0.15) is 23.1 Å². The number of hydrogen-bond acceptors (Lipinski definition) is 7. The number of ether oxygens (including phenoxy) is 2. The number of benzene rings is 2. The van der Waals surface area contributed by atoms with Crippen molar-refractivity contribution in [1.29, 1.82) is 0 Å². The molecule has 1 aliphatic rings. The molecule has 2 heterocycles. The van der Waals surface area contributed by atoms with Crippen LogP contribution in [0.25, 0.3) is 11.4 Å². The Morgan fingerprint density at radius 1 is 1.34 bits per heavy atom. The number of hydrogen-bond donors (Lipinski definition) is 2. The van der Waals surface area contributed by atoms with Gasteiger partial charge < -0.3 is 25.0 Å². The number of nitrogens with two attached hydrogens (primary N) is 1. The molecule has 3 aromatic rings. The summed E-state index contributed by atoms with van der Waals surface area (Å²) in [5, 5.41) is 7.09. The van der Waals surface area contributed by atoms with E-state index in [-0.39, 0.29) is 10.8 Å². The summed E-state index contributed by atoms with van der Waals surface area (Å²) in [5.41, 5.74) is 8.24. The lowest BCUT2D eigenvalue weighted by atomic mass is 10.00. The normalized spacial score (nSPS) is 13.5. The molecule has 0 fully saturated rings. The first kappa shape index (κ1) is 19.1. The van der Waals surface area contributed by atoms with Crippen LogP contribution in [0, 0.1) is 12.7 Å². The third kappa shape index (κ3) is 3.61. The molecule has 7 nitrogen and oxygen atoms in total. The van der Waals surface area contributed by atoms with E-state index in [9.17, 15) is 0 Å². The maximum absolute atomic E-state index is 15.2. The van der Waals surface area contributed by atoms with E-state index >= 15 is 4.39 Å². The number of thiocarbonyl (C=S) groups is 1. The smallest absolute Gasteiger partial charge is 0.223 e.